The molecule has 2 aromatic rings. The Bertz CT molecular complexity index is 599. The van der Waals surface area contributed by atoms with Gasteiger partial charge in [0.25, 0.3) is 0 Å². The van der Waals surface area contributed by atoms with E-state index in [1.807, 2.05) is 42.5 Å². The van der Waals surface area contributed by atoms with E-state index in [2.05, 4.69) is 18.3 Å². The first-order valence-electron chi connectivity index (χ1n) is 7.04. The lowest BCUT2D eigenvalue weighted by Gasteiger charge is -2.11. The third-order valence-electron chi connectivity index (χ3n) is 3.22. The highest BCUT2D eigenvalue weighted by molar-refractivity contribution is 7.84. The summed E-state index contributed by atoms with van der Waals surface area (Å²) in [6, 6.07) is 15.6. The van der Waals surface area contributed by atoms with Crippen LogP contribution in [-0.4, -0.2) is 17.9 Å². The van der Waals surface area contributed by atoms with Crippen LogP contribution in [0.15, 0.2) is 53.4 Å². The zero-order chi connectivity index (χ0) is 15.1. The zero-order valence-electron chi connectivity index (χ0n) is 12.5. The van der Waals surface area contributed by atoms with Gasteiger partial charge in [-0.3, -0.25) is 4.21 Å². The van der Waals surface area contributed by atoms with Crippen LogP contribution in [0.4, 0.5) is 0 Å². The van der Waals surface area contributed by atoms with E-state index < -0.39 is 10.8 Å². The molecule has 2 aromatic carbocycles. The predicted octanol–water partition coefficient (Wildman–Crippen LogP) is 3.11. The van der Waals surface area contributed by atoms with Crippen molar-refractivity contribution >= 4 is 10.8 Å². The van der Waals surface area contributed by atoms with Gasteiger partial charge in [-0.1, -0.05) is 31.2 Å². The highest BCUT2D eigenvalue weighted by atomic mass is 32.2. The number of benzene rings is 2. The van der Waals surface area contributed by atoms with Gasteiger partial charge < -0.3 is 10.1 Å². The minimum Gasteiger partial charge on any atom is -0.496 e. The molecular weight excluding hydrogens is 282 g/mol. The summed E-state index contributed by atoms with van der Waals surface area (Å²) in [5, 5.41) is 3.30. The van der Waals surface area contributed by atoms with E-state index in [0.29, 0.717) is 5.75 Å². The molecule has 0 heterocycles. The molecule has 0 saturated heterocycles. The SMILES string of the molecule is CCNCc1ccc(OC)c(CS(=O)c2ccccc2)c1. The lowest BCUT2D eigenvalue weighted by atomic mass is 10.1. The van der Waals surface area contributed by atoms with Crippen LogP contribution >= 0.6 is 0 Å². The molecule has 0 amide bonds. The highest BCUT2D eigenvalue weighted by Crippen LogP contribution is 2.23. The van der Waals surface area contributed by atoms with Crippen LogP contribution in [0.5, 0.6) is 5.75 Å². The van der Waals surface area contributed by atoms with Crippen LogP contribution in [-0.2, 0) is 23.1 Å². The Hall–Kier alpha value is -1.65. The van der Waals surface area contributed by atoms with Crippen molar-refractivity contribution in [2.75, 3.05) is 13.7 Å². The first-order valence-corrected chi connectivity index (χ1v) is 8.36. The summed E-state index contributed by atoms with van der Waals surface area (Å²) in [6.07, 6.45) is 0. The predicted molar refractivity (Wildman–Crippen MR) is 86.9 cm³/mol. The van der Waals surface area contributed by atoms with Crippen LogP contribution < -0.4 is 10.1 Å². The number of nitrogens with one attached hydrogen (secondary N) is 1. The standard InChI is InChI=1S/C17H21NO2S/c1-3-18-12-14-9-10-17(20-2)15(11-14)13-21(19)16-7-5-4-6-8-16/h4-11,18H,3,12-13H2,1-2H3. The summed E-state index contributed by atoms with van der Waals surface area (Å²) in [5.74, 6) is 1.26. The van der Waals surface area contributed by atoms with E-state index in [4.69, 9.17) is 4.74 Å². The van der Waals surface area contributed by atoms with E-state index in [9.17, 15) is 4.21 Å². The van der Waals surface area contributed by atoms with Crippen LogP contribution in [0.2, 0.25) is 0 Å². The molecule has 0 fully saturated rings. The third-order valence-corrected chi connectivity index (χ3v) is 4.59. The molecule has 3 nitrogen and oxygen atoms in total. The quantitative estimate of drug-likeness (QED) is 0.854. The maximum Gasteiger partial charge on any atom is 0.123 e. The fraction of sp³-hybridized carbons (Fsp3) is 0.294. The van der Waals surface area contributed by atoms with E-state index in [0.717, 1.165) is 29.3 Å². The van der Waals surface area contributed by atoms with Gasteiger partial charge in [0.1, 0.15) is 5.75 Å². The second-order valence-electron chi connectivity index (χ2n) is 4.73. The van der Waals surface area contributed by atoms with Gasteiger partial charge in [0.15, 0.2) is 0 Å². The van der Waals surface area contributed by atoms with Crippen molar-refractivity contribution in [1.82, 2.24) is 5.32 Å². The minimum atomic E-state index is -1.06. The summed E-state index contributed by atoms with van der Waals surface area (Å²) in [4.78, 5) is 0.844. The van der Waals surface area contributed by atoms with Crippen molar-refractivity contribution in [2.24, 2.45) is 0 Å². The molecule has 0 aliphatic heterocycles. The normalized spacial score (nSPS) is 12.1. The molecule has 0 aliphatic carbocycles. The van der Waals surface area contributed by atoms with E-state index in [1.54, 1.807) is 7.11 Å². The molecule has 4 heteroatoms. The Kier molecular flexibility index (Phi) is 5.96. The molecule has 0 spiro atoms. The van der Waals surface area contributed by atoms with Crippen molar-refractivity contribution < 1.29 is 8.95 Å². The van der Waals surface area contributed by atoms with Crippen molar-refractivity contribution in [1.29, 1.82) is 0 Å². The fourth-order valence-electron chi connectivity index (χ4n) is 2.12. The molecule has 1 N–H and O–H groups in total. The van der Waals surface area contributed by atoms with Gasteiger partial charge in [-0.25, -0.2) is 0 Å². The first-order chi connectivity index (χ1) is 10.2. The minimum absolute atomic E-state index is 0.465. The number of hydrogen-bond acceptors (Lipinski definition) is 3. The summed E-state index contributed by atoms with van der Waals surface area (Å²) >= 11 is 0. The zero-order valence-corrected chi connectivity index (χ0v) is 13.3. The Labute approximate surface area is 128 Å². The molecular formula is C17H21NO2S. The number of methoxy groups -OCH3 is 1. The number of rotatable bonds is 7. The molecule has 21 heavy (non-hydrogen) atoms. The molecule has 0 aliphatic rings. The molecule has 0 saturated carbocycles. The van der Waals surface area contributed by atoms with Gasteiger partial charge in [0.2, 0.25) is 0 Å². The average Bonchev–Trinajstić information content (AvgIpc) is 2.54. The van der Waals surface area contributed by atoms with Crippen LogP contribution in [0, 0.1) is 0 Å². The van der Waals surface area contributed by atoms with Crippen LogP contribution in [0.25, 0.3) is 0 Å². The van der Waals surface area contributed by atoms with Crippen molar-refractivity contribution in [2.45, 2.75) is 24.1 Å². The number of ether oxygens (including phenoxy) is 1. The highest BCUT2D eigenvalue weighted by Gasteiger charge is 2.10. The van der Waals surface area contributed by atoms with E-state index in [1.165, 1.54) is 5.56 Å². The van der Waals surface area contributed by atoms with Crippen LogP contribution in [0.1, 0.15) is 18.1 Å². The van der Waals surface area contributed by atoms with Gasteiger partial charge in [0, 0.05) is 17.0 Å². The maximum absolute atomic E-state index is 12.4. The fourth-order valence-corrected chi connectivity index (χ4v) is 3.26. The summed E-state index contributed by atoms with van der Waals surface area (Å²) in [6.45, 7) is 3.82. The Morgan fingerprint density at radius 3 is 2.57 bits per heavy atom. The molecule has 1 unspecified atom stereocenters. The smallest absolute Gasteiger partial charge is 0.123 e. The van der Waals surface area contributed by atoms with E-state index in [-0.39, 0.29) is 0 Å². The largest absolute Gasteiger partial charge is 0.496 e. The monoisotopic (exact) mass is 303 g/mol. The Morgan fingerprint density at radius 1 is 1.14 bits per heavy atom. The average molecular weight is 303 g/mol. The van der Waals surface area contributed by atoms with Gasteiger partial charge in [-0.15, -0.1) is 0 Å². The van der Waals surface area contributed by atoms with Crippen molar-refractivity contribution in [3.63, 3.8) is 0 Å². The third kappa shape index (κ3) is 4.41. The molecule has 1 atom stereocenters. The molecule has 2 rings (SSSR count). The molecule has 0 radical (unpaired) electrons. The van der Waals surface area contributed by atoms with E-state index >= 15 is 0 Å². The summed E-state index contributed by atoms with van der Waals surface area (Å²) in [5.41, 5.74) is 2.16. The topological polar surface area (TPSA) is 38.3 Å². The lowest BCUT2D eigenvalue weighted by molar-refractivity contribution is 0.411. The number of hydrogen-bond donors (Lipinski definition) is 1. The summed E-state index contributed by atoms with van der Waals surface area (Å²) in [7, 11) is 0.586. The second-order valence-corrected chi connectivity index (χ2v) is 6.18. The Morgan fingerprint density at radius 2 is 1.90 bits per heavy atom. The van der Waals surface area contributed by atoms with Crippen LogP contribution in [0.3, 0.4) is 0 Å². The molecule has 112 valence electrons. The molecule has 0 aromatic heterocycles. The van der Waals surface area contributed by atoms with Gasteiger partial charge in [-0.2, -0.15) is 0 Å². The second kappa shape index (κ2) is 7.96. The first kappa shape index (κ1) is 15.7. The summed E-state index contributed by atoms with van der Waals surface area (Å²) < 4.78 is 17.8. The van der Waals surface area contributed by atoms with Crippen molar-refractivity contribution in [3.8, 4) is 5.75 Å². The van der Waals surface area contributed by atoms with Crippen molar-refractivity contribution in [3.05, 3.63) is 59.7 Å². The lowest BCUT2D eigenvalue weighted by Crippen LogP contribution is -2.12. The molecule has 0 bridgehead atoms. The van der Waals surface area contributed by atoms with Gasteiger partial charge in [-0.05, 0) is 36.4 Å². The van der Waals surface area contributed by atoms with Gasteiger partial charge >= 0.3 is 0 Å². The Balaban J connectivity index is 2.19. The van der Waals surface area contributed by atoms with Gasteiger partial charge in [0.05, 0.1) is 23.7 Å². The maximum atomic E-state index is 12.4.